The van der Waals surface area contributed by atoms with E-state index in [1.807, 2.05) is 6.92 Å². The summed E-state index contributed by atoms with van der Waals surface area (Å²) in [4.78, 5) is 10.9. The van der Waals surface area contributed by atoms with Gasteiger partial charge in [-0.2, -0.15) is 5.26 Å². The molecule has 1 aliphatic carbocycles. The molecule has 0 radical (unpaired) electrons. The van der Waals surface area contributed by atoms with Crippen LogP contribution in [0.15, 0.2) is 6.07 Å². The van der Waals surface area contributed by atoms with Gasteiger partial charge in [-0.1, -0.05) is 6.92 Å². The molecule has 2 rings (SSSR count). The summed E-state index contributed by atoms with van der Waals surface area (Å²) >= 11 is 0. The van der Waals surface area contributed by atoms with Gasteiger partial charge >= 0.3 is 0 Å². The fourth-order valence-electron chi connectivity index (χ4n) is 1.81. The van der Waals surface area contributed by atoms with E-state index in [1.54, 1.807) is 6.07 Å². The number of nitrogens with zero attached hydrogens (tertiary/aromatic N) is 4. The van der Waals surface area contributed by atoms with Gasteiger partial charge in [-0.05, 0) is 32.3 Å². The largest absolute Gasteiger partial charge is 0.338 e. The van der Waals surface area contributed by atoms with E-state index in [2.05, 4.69) is 27.9 Å². The van der Waals surface area contributed by atoms with Crippen LogP contribution in [0.4, 0.5) is 5.95 Å². The topological polar surface area (TPSA) is 52.8 Å². The van der Waals surface area contributed by atoms with E-state index >= 15 is 0 Å². The molecule has 1 aromatic heterocycles. The third-order valence-electron chi connectivity index (χ3n) is 2.67. The number of rotatable bonds is 4. The van der Waals surface area contributed by atoms with Crippen LogP contribution in [0.3, 0.4) is 0 Å². The summed E-state index contributed by atoms with van der Waals surface area (Å²) in [5.41, 5.74) is 1.33. The molecule has 1 heterocycles. The Bertz CT molecular complexity index is 418. The third kappa shape index (κ3) is 2.30. The van der Waals surface area contributed by atoms with E-state index < -0.39 is 0 Å². The second kappa shape index (κ2) is 4.48. The van der Waals surface area contributed by atoms with Gasteiger partial charge in [0, 0.05) is 18.3 Å². The van der Waals surface area contributed by atoms with Gasteiger partial charge in [0.1, 0.15) is 11.8 Å². The normalized spacial score (nSPS) is 14.6. The second-order valence-electron chi connectivity index (χ2n) is 4.23. The van der Waals surface area contributed by atoms with E-state index in [1.165, 1.54) is 12.8 Å². The number of hydrogen-bond donors (Lipinski definition) is 0. The number of aromatic nitrogens is 2. The Hall–Kier alpha value is -1.63. The Morgan fingerprint density at radius 2 is 2.25 bits per heavy atom. The van der Waals surface area contributed by atoms with Gasteiger partial charge in [0.2, 0.25) is 5.95 Å². The third-order valence-corrected chi connectivity index (χ3v) is 2.67. The first-order valence-corrected chi connectivity index (χ1v) is 5.77. The van der Waals surface area contributed by atoms with Crippen molar-refractivity contribution in [3.63, 3.8) is 0 Å². The van der Waals surface area contributed by atoms with Crippen molar-refractivity contribution in [2.75, 3.05) is 11.4 Å². The first kappa shape index (κ1) is 10.9. The summed E-state index contributed by atoms with van der Waals surface area (Å²) in [6.07, 6.45) is 3.52. The van der Waals surface area contributed by atoms with E-state index in [4.69, 9.17) is 5.26 Å². The minimum absolute atomic E-state index is 0.462. The highest BCUT2D eigenvalue weighted by molar-refractivity contribution is 5.38. The van der Waals surface area contributed by atoms with Crippen LogP contribution in [-0.4, -0.2) is 22.6 Å². The molecule has 1 fully saturated rings. The molecule has 16 heavy (non-hydrogen) atoms. The van der Waals surface area contributed by atoms with E-state index in [0.29, 0.717) is 11.7 Å². The van der Waals surface area contributed by atoms with Crippen molar-refractivity contribution in [2.24, 2.45) is 0 Å². The molecule has 0 atom stereocenters. The lowest BCUT2D eigenvalue weighted by Crippen LogP contribution is -2.28. The van der Waals surface area contributed by atoms with Crippen LogP contribution in [0, 0.1) is 18.3 Å². The smallest absolute Gasteiger partial charge is 0.227 e. The Labute approximate surface area is 95.9 Å². The van der Waals surface area contributed by atoms with Crippen LogP contribution in [-0.2, 0) is 0 Å². The standard InChI is InChI=1S/C12H16N4/c1-3-6-16(11-4-5-11)12-14-9(2)7-10(8-13)15-12/h7,11H,3-6H2,1-2H3. The van der Waals surface area contributed by atoms with E-state index in [0.717, 1.165) is 24.6 Å². The molecule has 0 amide bonds. The summed E-state index contributed by atoms with van der Waals surface area (Å²) < 4.78 is 0. The Morgan fingerprint density at radius 3 is 2.81 bits per heavy atom. The van der Waals surface area contributed by atoms with Gasteiger partial charge in [-0.3, -0.25) is 0 Å². The van der Waals surface area contributed by atoms with Crippen molar-refractivity contribution >= 4 is 5.95 Å². The average molecular weight is 216 g/mol. The molecule has 0 saturated heterocycles. The van der Waals surface area contributed by atoms with Gasteiger partial charge < -0.3 is 4.90 Å². The maximum atomic E-state index is 8.89. The summed E-state index contributed by atoms with van der Waals surface area (Å²) in [6, 6.07) is 4.40. The monoisotopic (exact) mass is 216 g/mol. The van der Waals surface area contributed by atoms with Gasteiger partial charge in [0.05, 0.1) is 0 Å². The molecule has 4 heteroatoms. The zero-order chi connectivity index (χ0) is 11.5. The zero-order valence-electron chi connectivity index (χ0n) is 9.77. The lowest BCUT2D eigenvalue weighted by atomic mass is 10.3. The van der Waals surface area contributed by atoms with Crippen molar-refractivity contribution in [1.29, 1.82) is 5.26 Å². The van der Waals surface area contributed by atoms with Crippen molar-refractivity contribution in [1.82, 2.24) is 9.97 Å². The first-order chi connectivity index (χ1) is 7.74. The first-order valence-electron chi connectivity index (χ1n) is 5.77. The highest BCUT2D eigenvalue weighted by Crippen LogP contribution is 2.29. The molecule has 4 nitrogen and oxygen atoms in total. The fourth-order valence-corrected chi connectivity index (χ4v) is 1.81. The van der Waals surface area contributed by atoms with Crippen molar-refractivity contribution in [2.45, 2.75) is 39.2 Å². The predicted molar refractivity (Wildman–Crippen MR) is 62.1 cm³/mol. The minimum Gasteiger partial charge on any atom is -0.338 e. The number of aryl methyl sites for hydroxylation is 1. The van der Waals surface area contributed by atoms with Crippen molar-refractivity contribution in [3.05, 3.63) is 17.5 Å². The molecule has 0 aliphatic heterocycles. The van der Waals surface area contributed by atoms with Crippen LogP contribution in [0.25, 0.3) is 0 Å². The second-order valence-corrected chi connectivity index (χ2v) is 4.23. The Balaban J connectivity index is 2.29. The van der Waals surface area contributed by atoms with Crippen LogP contribution >= 0.6 is 0 Å². The summed E-state index contributed by atoms with van der Waals surface area (Å²) in [5.74, 6) is 0.723. The van der Waals surface area contributed by atoms with Crippen molar-refractivity contribution in [3.8, 4) is 6.07 Å². The lowest BCUT2D eigenvalue weighted by Gasteiger charge is -2.21. The molecule has 1 aliphatic rings. The molecule has 0 unspecified atom stereocenters. The minimum atomic E-state index is 0.462. The predicted octanol–water partition coefficient (Wildman–Crippen LogP) is 2.04. The van der Waals surface area contributed by atoms with Crippen LogP contribution in [0.1, 0.15) is 37.6 Å². The molecule has 1 aromatic rings. The maximum absolute atomic E-state index is 8.89. The van der Waals surface area contributed by atoms with Crippen LogP contribution in [0.2, 0.25) is 0 Å². The quantitative estimate of drug-likeness (QED) is 0.772. The SMILES string of the molecule is CCCN(c1nc(C)cc(C#N)n1)C1CC1. The Kier molecular flexibility index (Phi) is 3.04. The zero-order valence-corrected chi connectivity index (χ0v) is 9.77. The molecular weight excluding hydrogens is 200 g/mol. The van der Waals surface area contributed by atoms with E-state index in [-0.39, 0.29) is 0 Å². The van der Waals surface area contributed by atoms with Gasteiger partial charge in [0.25, 0.3) is 0 Å². The van der Waals surface area contributed by atoms with Gasteiger partial charge in [-0.15, -0.1) is 0 Å². The average Bonchev–Trinajstić information content (AvgIpc) is 3.08. The molecule has 0 aromatic carbocycles. The molecule has 0 N–H and O–H groups in total. The lowest BCUT2D eigenvalue weighted by molar-refractivity contribution is 0.731. The molecule has 0 spiro atoms. The Morgan fingerprint density at radius 1 is 1.50 bits per heavy atom. The molecule has 84 valence electrons. The van der Waals surface area contributed by atoms with Crippen LogP contribution < -0.4 is 4.90 Å². The fraction of sp³-hybridized carbons (Fsp3) is 0.583. The number of anilines is 1. The van der Waals surface area contributed by atoms with Crippen LogP contribution in [0.5, 0.6) is 0 Å². The summed E-state index contributed by atoms with van der Waals surface area (Å²) in [5, 5.41) is 8.89. The highest BCUT2D eigenvalue weighted by atomic mass is 15.3. The summed E-state index contributed by atoms with van der Waals surface area (Å²) in [7, 11) is 0. The van der Waals surface area contributed by atoms with Gasteiger partial charge in [0.15, 0.2) is 0 Å². The number of nitriles is 1. The maximum Gasteiger partial charge on any atom is 0.227 e. The number of hydrogen-bond acceptors (Lipinski definition) is 4. The molecule has 1 saturated carbocycles. The summed E-state index contributed by atoms with van der Waals surface area (Å²) in [6.45, 7) is 5.03. The van der Waals surface area contributed by atoms with Gasteiger partial charge in [-0.25, -0.2) is 9.97 Å². The van der Waals surface area contributed by atoms with Crippen molar-refractivity contribution < 1.29 is 0 Å². The molecule has 0 bridgehead atoms. The van der Waals surface area contributed by atoms with E-state index in [9.17, 15) is 0 Å². The highest BCUT2D eigenvalue weighted by Gasteiger charge is 2.30. The molecular formula is C12H16N4.